The number of carbonyl (C=O) groups excluding carboxylic acids is 1. The van der Waals surface area contributed by atoms with Crippen LogP contribution >= 0.6 is 11.8 Å². The molecule has 0 aromatic heterocycles. The first-order valence-electron chi connectivity index (χ1n) is 5.98. The van der Waals surface area contributed by atoms with Crippen LogP contribution in [-0.2, 0) is 4.79 Å². The molecule has 1 amide bonds. The molecule has 1 aromatic rings. The molecule has 0 spiro atoms. The Hall–Kier alpha value is -1.10. The molecule has 1 aromatic carbocycles. The Kier molecular flexibility index (Phi) is 4.58. The monoisotopic (exact) mass is 271 g/mol. The van der Waals surface area contributed by atoms with Gasteiger partial charge in [0.25, 0.3) is 0 Å². The summed E-state index contributed by atoms with van der Waals surface area (Å²) in [5.74, 6) is 0.681. The third-order valence-corrected chi connectivity index (χ3v) is 4.09. The third-order valence-electron chi connectivity index (χ3n) is 3.04. The first-order valence-corrected chi connectivity index (χ1v) is 7.14. The van der Waals surface area contributed by atoms with Crippen molar-refractivity contribution in [1.82, 2.24) is 0 Å². The van der Waals surface area contributed by atoms with Gasteiger partial charge in [-0.25, -0.2) is 8.78 Å². The van der Waals surface area contributed by atoms with E-state index in [1.807, 2.05) is 11.8 Å². The van der Waals surface area contributed by atoms with Crippen molar-refractivity contribution in [3.8, 4) is 0 Å². The number of halogens is 2. The molecule has 5 heteroatoms. The Morgan fingerprint density at radius 1 is 1.28 bits per heavy atom. The molecular formula is C13H15F2NOS. The summed E-state index contributed by atoms with van der Waals surface area (Å²) in [6.45, 7) is 0. The Balaban J connectivity index is 1.94. The number of anilines is 1. The molecule has 2 rings (SSSR count). The smallest absolute Gasteiger partial charge is 0.224 e. The maximum absolute atomic E-state index is 13.3. The third kappa shape index (κ3) is 3.45. The second-order valence-electron chi connectivity index (χ2n) is 4.40. The van der Waals surface area contributed by atoms with Crippen LogP contribution in [0.5, 0.6) is 0 Å². The van der Waals surface area contributed by atoms with Crippen molar-refractivity contribution >= 4 is 23.4 Å². The number of hydrogen-bond acceptors (Lipinski definition) is 2. The van der Waals surface area contributed by atoms with Gasteiger partial charge in [-0.15, -0.1) is 0 Å². The van der Waals surface area contributed by atoms with E-state index in [4.69, 9.17) is 0 Å². The first kappa shape index (κ1) is 13.3. The molecule has 1 aliphatic heterocycles. The first-order chi connectivity index (χ1) is 8.66. The Bertz CT molecular complexity index is 413. The fourth-order valence-corrected chi connectivity index (χ4v) is 3.22. The highest BCUT2D eigenvalue weighted by molar-refractivity contribution is 7.99. The lowest BCUT2D eigenvalue weighted by Gasteiger charge is -2.20. The van der Waals surface area contributed by atoms with Crippen LogP contribution in [0.4, 0.5) is 14.5 Å². The molecule has 1 fully saturated rings. The quantitative estimate of drug-likeness (QED) is 0.912. The van der Waals surface area contributed by atoms with E-state index >= 15 is 0 Å². The number of nitrogens with one attached hydrogen (secondary N) is 1. The molecule has 1 heterocycles. The largest absolute Gasteiger partial charge is 0.321 e. The van der Waals surface area contributed by atoms with Gasteiger partial charge in [-0.1, -0.05) is 6.07 Å². The van der Waals surface area contributed by atoms with Gasteiger partial charge in [0, 0.05) is 6.42 Å². The van der Waals surface area contributed by atoms with Gasteiger partial charge in [-0.2, -0.15) is 11.8 Å². The van der Waals surface area contributed by atoms with E-state index in [-0.39, 0.29) is 11.6 Å². The van der Waals surface area contributed by atoms with Crippen molar-refractivity contribution < 1.29 is 13.6 Å². The van der Waals surface area contributed by atoms with Gasteiger partial charge in [0.15, 0.2) is 0 Å². The predicted molar refractivity (Wildman–Crippen MR) is 69.7 cm³/mol. The minimum Gasteiger partial charge on any atom is -0.321 e. The summed E-state index contributed by atoms with van der Waals surface area (Å²) < 4.78 is 26.7. The maximum atomic E-state index is 13.3. The summed E-state index contributed by atoms with van der Waals surface area (Å²) in [7, 11) is 0. The van der Waals surface area contributed by atoms with Crippen LogP contribution in [-0.4, -0.2) is 17.4 Å². The molecule has 1 N–H and O–H groups in total. The summed E-state index contributed by atoms with van der Waals surface area (Å²) >= 11 is 1.88. The van der Waals surface area contributed by atoms with Crippen molar-refractivity contribution in [2.45, 2.75) is 19.3 Å². The summed E-state index contributed by atoms with van der Waals surface area (Å²) in [5.41, 5.74) is -0.340. The molecule has 98 valence electrons. The number of amides is 1. The van der Waals surface area contributed by atoms with Gasteiger partial charge in [0.05, 0.1) is 0 Å². The summed E-state index contributed by atoms with van der Waals surface area (Å²) in [4.78, 5) is 11.7. The van der Waals surface area contributed by atoms with Gasteiger partial charge < -0.3 is 5.32 Å². The zero-order valence-electron chi connectivity index (χ0n) is 9.92. The minimum absolute atomic E-state index is 0.309. The van der Waals surface area contributed by atoms with Crippen LogP contribution in [0, 0.1) is 17.6 Å². The average Bonchev–Trinajstić information content (AvgIpc) is 2.35. The fourth-order valence-electron chi connectivity index (χ4n) is 2.02. The molecule has 0 bridgehead atoms. The Morgan fingerprint density at radius 2 is 1.89 bits per heavy atom. The van der Waals surface area contributed by atoms with E-state index in [1.165, 1.54) is 6.07 Å². The second kappa shape index (κ2) is 6.18. The molecular weight excluding hydrogens is 256 g/mol. The van der Waals surface area contributed by atoms with E-state index in [0.717, 1.165) is 36.5 Å². The summed E-state index contributed by atoms with van der Waals surface area (Å²) in [5, 5.41) is 2.33. The van der Waals surface area contributed by atoms with E-state index in [9.17, 15) is 13.6 Å². The molecule has 0 saturated carbocycles. The zero-order chi connectivity index (χ0) is 13.0. The van der Waals surface area contributed by atoms with Gasteiger partial charge in [-0.05, 0) is 42.4 Å². The SMILES string of the molecule is O=C(CC1CCSCC1)Nc1c(F)cccc1F. The minimum atomic E-state index is -0.734. The molecule has 1 aliphatic rings. The van der Waals surface area contributed by atoms with Gasteiger partial charge in [-0.3, -0.25) is 4.79 Å². The standard InChI is InChI=1S/C13H15F2NOS/c14-10-2-1-3-11(15)13(10)16-12(17)8-9-4-6-18-7-5-9/h1-3,9H,4-8H2,(H,16,17). The summed E-state index contributed by atoms with van der Waals surface area (Å²) in [6, 6.07) is 3.55. The van der Waals surface area contributed by atoms with Crippen molar-refractivity contribution in [3.05, 3.63) is 29.8 Å². The lowest BCUT2D eigenvalue weighted by atomic mass is 9.98. The van der Waals surface area contributed by atoms with E-state index in [1.54, 1.807) is 0 Å². The fraction of sp³-hybridized carbons (Fsp3) is 0.462. The topological polar surface area (TPSA) is 29.1 Å². The molecule has 18 heavy (non-hydrogen) atoms. The number of benzene rings is 1. The normalized spacial score (nSPS) is 16.6. The number of hydrogen-bond donors (Lipinski definition) is 1. The van der Waals surface area contributed by atoms with E-state index in [0.29, 0.717) is 12.3 Å². The molecule has 0 unspecified atom stereocenters. The molecule has 0 atom stereocenters. The lowest BCUT2D eigenvalue weighted by molar-refractivity contribution is -0.117. The van der Waals surface area contributed by atoms with Crippen LogP contribution in [0.3, 0.4) is 0 Å². The predicted octanol–water partition coefficient (Wildman–Crippen LogP) is 3.44. The number of para-hydroxylation sites is 1. The molecule has 0 aliphatic carbocycles. The van der Waals surface area contributed by atoms with Crippen LogP contribution in [0.1, 0.15) is 19.3 Å². The molecule has 0 radical (unpaired) electrons. The zero-order valence-corrected chi connectivity index (χ0v) is 10.7. The van der Waals surface area contributed by atoms with E-state index < -0.39 is 11.6 Å². The molecule has 2 nitrogen and oxygen atoms in total. The highest BCUT2D eigenvalue weighted by Gasteiger charge is 2.19. The Labute approximate surface area is 109 Å². The number of carbonyl (C=O) groups is 1. The lowest BCUT2D eigenvalue weighted by Crippen LogP contribution is -2.20. The highest BCUT2D eigenvalue weighted by Crippen LogP contribution is 2.26. The van der Waals surface area contributed by atoms with Crippen molar-refractivity contribution in [2.75, 3.05) is 16.8 Å². The average molecular weight is 271 g/mol. The van der Waals surface area contributed by atoms with Crippen LogP contribution in [0.25, 0.3) is 0 Å². The van der Waals surface area contributed by atoms with E-state index in [2.05, 4.69) is 5.32 Å². The van der Waals surface area contributed by atoms with Gasteiger partial charge in [0.1, 0.15) is 17.3 Å². The van der Waals surface area contributed by atoms with Crippen molar-refractivity contribution in [1.29, 1.82) is 0 Å². The molecule has 1 saturated heterocycles. The maximum Gasteiger partial charge on any atom is 0.224 e. The van der Waals surface area contributed by atoms with Crippen LogP contribution in [0.2, 0.25) is 0 Å². The summed E-state index contributed by atoms with van der Waals surface area (Å²) in [6.07, 6.45) is 2.34. The van der Waals surface area contributed by atoms with Crippen molar-refractivity contribution in [2.24, 2.45) is 5.92 Å². The Morgan fingerprint density at radius 3 is 2.50 bits per heavy atom. The van der Waals surface area contributed by atoms with Crippen molar-refractivity contribution in [3.63, 3.8) is 0 Å². The van der Waals surface area contributed by atoms with Gasteiger partial charge >= 0.3 is 0 Å². The second-order valence-corrected chi connectivity index (χ2v) is 5.63. The van der Waals surface area contributed by atoms with Gasteiger partial charge in [0.2, 0.25) is 5.91 Å². The number of thioether (sulfide) groups is 1. The van der Waals surface area contributed by atoms with Crippen LogP contribution < -0.4 is 5.32 Å². The number of rotatable bonds is 3. The van der Waals surface area contributed by atoms with Crippen LogP contribution in [0.15, 0.2) is 18.2 Å². The highest BCUT2D eigenvalue weighted by atomic mass is 32.2.